The smallest absolute Gasteiger partial charge is 0.147 e. The van der Waals surface area contributed by atoms with Gasteiger partial charge in [0.15, 0.2) is 0 Å². The quantitative estimate of drug-likeness (QED) is 0.763. The van der Waals surface area contributed by atoms with Gasteiger partial charge < -0.3 is 9.88 Å². The van der Waals surface area contributed by atoms with Gasteiger partial charge in [-0.05, 0) is 36.9 Å². The van der Waals surface area contributed by atoms with Gasteiger partial charge in [-0.15, -0.1) is 0 Å². The van der Waals surface area contributed by atoms with Crippen LogP contribution in [-0.2, 0) is 22.9 Å². The number of nitrogens with one attached hydrogen (secondary N) is 1. The van der Waals surface area contributed by atoms with E-state index in [0.29, 0.717) is 6.42 Å². The molecule has 0 saturated carbocycles. The molecule has 0 radical (unpaired) electrons. The number of hydrogen-bond donors (Lipinski definition) is 1. The molecule has 2 aromatic rings. The molecule has 1 N–H and O–H groups in total. The zero-order valence-corrected chi connectivity index (χ0v) is 13.6. The highest BCUT2D eigenvalue weighted by Gasteiger charge is 2.09. The summed E-state index contributed by atoms with van der Waals surface area (Å²) in [6.45, 7) is 4.70. The van der Waals surface area contributed by atoms with Crippen LogP contribution in [0.15, 0.2) is 30.3 Å². The van der Waals surface area contributed by atoms with Crippen molar-refractivity contribution in [3.63, 3.8) is 0 Å². The highest BCUT2D eigenvalue weighted by Crippen LogP contribution is 2.20. The molecule has 0 unspecified atom stereocenters. The van der Waals surface area contributed by atoms with Crippen LogP contribution in [0.2, 0.25) is 0 Å². The molecule has 0 fully saturated rings. The molecule has 2 rings (SSSR count). The van der Waals surface area contributed by atoms with Crippen molar-refractivity contribution in [1.82, 2.24) is 9.88 Å². The number of para-hydroxylation sites is 1. The molecule has 0 saturated heterocycles. The lowest BCUT2D eigenvalue weighted by Crippen LogP contribution is -2.17. The van der Waals surface area contributed by atoms with E-state index < -0.39 is 9.84 Å². The van der Waals surface area contributed by atoms with Crippen LogP contribution >= 0.6 is 0 Å². The minimum atomic E-state index is -2.89. The fraction of sp³-hybridized carbons (Fsp3) is 0.500. The van der Waals surface area contributed by atoms with Crippen LogP contribution < -0.4 is 5.32 Å². The second kappa shape index (κ2) is 7.09. The molecule has 5 heteroatoms. The third-order valence-electron chi connectivity index (χ3n) is 3.53. The topological polar surface area (TPSA) is 51.1 Å². The van der Waals surface area contributed by atoms with Gasteiger partial charge >= 0.3 is 0 Å². The predicted molar refractivity (Wildman–Crippen MR) is 88.3 cm³/mol. The van der Waals surface area contributed by atoms with E-state index in [9.17, 15) is 8.42 Å². The number of aromatic nitrogens is 1. The average Bonchev–Trinajstić information content (AvgIpc) is 2.76. The predicted octanol–water partition coefficient (Wildman–Crippen LogP) is 2.58. The summed E-state index contributed by atoms with van der Waals surface area (Å²) in [5.74, 6) is 0.237. The Kier molecular flexibility index (Phi) is 5.42. The first kappa shape index (κ1) is 16.0. The Morgan fingerprint density at radius 2 is 2.00 bits per heavy atom. The van der Waals surface area contributed by atoms with E-state index >= 15 is 0 Å². The maximum Gasteiger partial charge on any atom is 0.147 e. The molecule has 0 aliphatic rings. The molecular weight excluding hydrogens is 284 g/mol. The molecule has 1 heterocycles. The third kappa shape index (κ3) is 4.58. The van der Waals surface area contributed by atoms with Crippen molar-refractivity contribution < 1.29 is 8.42 Å². The molecule has 116 valence electrons. The first-order chi connectivity index (χ1) is 10.0. The largest absolute Gasteiger partial charge is 0.343 e. The third-order valence-corrected chi connectivity index (χ3v) is 4.56. The standard InChI is InChI=1S/C16H24N2O2S/c1-3-9-17-13-15-12-14-7-4-5-8-16(14)18(15)10-6-11-21(2,19)20/h4-5,7-8,12,17H,3,6,9-11,13H2,1-2H3. The van der Waals surface area contributed by atoms with Gasteiger partial charge in [-0.1, -0.05) is 25.1 Å². The number of nitrogens with zero attached hydrogens (tertiary/aromatic N) is 1. The molecule has 1 aromatic heterocycles. The van der Waals surface area contributed by atoms with Crippen molar-refractivity contribution in [3.8, 4) is 0 Å². The van der Waals surface area contributed by atoms with Gasteiger partial charge in [-0.2, -0.15) is 0 Å². The molecule has 21 heavy (non-hydrogen) atoms. The van der Waals surface area contributed by atoms with Gasteiger partial charge in [0.2, 0.25) is 0 Å². The fourth-order valence-electron chi connectivity index (χ4n) is 2.56. The van der Waals surface area contributed by atoms with E-state index in [-0.39, 0.29) is 5.75 Å². The summed E-state index contributed by atoms with van der Waals surface area (Å²) in [5, 5.41) is 4.63. The van der Waals surface area contributed by atoms with E-state index in [1.807, 2.05) is 12.1 Å². The number of fused-ring (bicyclic) bond motifs is 1. The van der Waals surface area contributed by atoms with Crippen molar-refractivity contribution in [2.75, 3.05) is 18.6 Å². The molecule has 1 aromatic carbocycles. The molecule has 0 aliphatic heterocycles. The Bertz CT molecular complexity index is 689. The van der Waals surface area contributed by atoms with Gasteiger partial charge in [-0.3, -0.25) is 0 Å². The Balaban J connectivity index is 2.18. The van der Waals surface area contributed by atoms with Crippen LogP contribution in [0.5, 0.6) is 0 Å². The lowest BCUT2D eigenvalue weighted by Gasteiger charge is -2.11. The van der Waals surface area contributed by atoms with Crippen LogP contribution in [0.25, 0.3) is 10.9 Å². The number of rotatable bonds is 8. The summed E-state index contributed by atoms with van der Waals surface area (Å²) in [6, 6.07) is 10.5. The van der Waals surface area contributed by atoms with Gasteiger partial charge in [0.1, 0.15) is 9.84 Å². The lowest BCUT2D eigenvalue weighted by molar-refractivity contribution is 0.585. The lowest BCUT2D eigenvalue weighted by atomic mass is 10.2. The van der Waals surface area contributed by atoms with E-state index in [4.69, 9.17) is 0 Å². The molecule has 0 bridgehead atoms. The second-order valence-electron chi connectivity index (χ2n) is 5.51. The summed E-state index contributed by atoms with van der Waals surface area (Å²) >= 11 is 0. The molecule has 0 amide bonds. The van der Waals surface area contributed by atoms with Crippen molar-refractivity contribution in [2.45, 2.75) is 32.9 Å². The van der Waals surface area contributed by atoms with Gasteiger partial charge in [0, 0.05) is 30.6 Å². The fourth-order valence-corrected chi connectivity index (χ4v) is 3.21. The van der Waals surface area contributed by atoms with E-state index in [1.165, 1.54) is 22.9 Å². The number of benzene rings is 1. The second-order valence-corrected chi connectivity index (χ2v) is 7.77. The van der Waals surface area contributed by atoms with Crippen LogP contribution in [0.1, 0.15) is 25.5 Å². The van der Waals surface area contributed by atoms with Gasteiger partial charge in [0.05, 0.1) is 5.75 Å². The monoisotopic (exact) mass is 308 g/mol. The Labute approximate surface area is 127 Å². The highest BCUT2D eigenvalue weighted by molar-refractivity contribution is 7.90. The van der Waals surface area contributed by atoms with Gasteiger partial charge in [0.25, 0.3) is 0 Å². The molecule has 0 spiro atoms. The van der Waals surface area contributed by atoms with Crippen molar-refractivity contribution in [1.29, 1.82) is 0 Å². The SMILES string of the molecule is CCCNCc1cc2ccccc2n1CCCS(C)(=O)=O. The van der Waals surface area contributed by atoms with Crippen LogP contribution in [0.4, 0.5) is 0 Å². The summed E-state index contributed by atoms with van der Waals surface area (Å²) in [6.07, 6.45) is 3.05. The zero-order valence-electron chi connectivity index (χ0n) is 12.8. The van der Waals surface area contributed by atoms with Crippen molar-refractivity contribution >= 4 is 20.7 Å². The molecule has 0 aliphatic carbocycles. The minimum absolute atomic E-state index is 0.237. The van der Waals surface area contributed by atoms with Crippen LogP contribution in [0.3, 0.4) is 0 Å². The van der Waals surface area contributed by atoms with E-state index in [2.05, 4.69) is 35.0 Å². The zero-order chi connectivity index (χ0) is 15.3. The first-order valence-corrected chi connectivity index (χ1v) is 9.53. The maximum atomic E-state index is 11.3. The summed E-state index contributed by atoms with van der Waals surface area (Å²) in [5.41, 5.74) is 2.40. The summed E-state index contributed by atoms with van der Waals surface area (Å²) in [7, 11) is -2.89. The van der Waals surface area contributed by atoms with Crippen LogP contribution in [0, 0.1) is 0 Å². The maximum absolute atomic E-state index is 11.3. The number of sulfone groups is 1. The molecule has 0 atom stereocenters. The Morgan fingerprint density at radius 3 is 2.71 bits per heavy atom. The average molecular weight is 308 g/mol. The Hall–Kier alpha value is -1.33. The summed E-state index contributed by atoms with van der Waals surface area (Å²) in [4.78, 5) is 0. The molecule has 4 nitrogen and oxygen atoms in total. The van der Waals surface area contributed by atoms with E-state index in [1.54, 1.807) is 0 Å². The van der Waals surface area contributed by atoms with Gasteiger partial charge in [-0.25, -0.2) is 8.42 Å². The Morgan fingerprint density at radius 1 is 1.24 bits per heavy atom. The number of aryl methyl sites for hydroxylation is 1. The highest BCUT2D eigenvalue weighted by atomic mass is 32.2. The first-order valence-electron chi connectivity index (χ1n) is 7.47. The summed E-state index contributed by atoms with van der Waals surface area (Å²) < 4.78 is 24.8. The van der Waals surface area contributed by atoms with E-state index in [0.717, 1.165) is 26.1 Å². The van der Waals surface area contributed by atoms with Crippen LogP contribution in [-0.4, -0.2) is 31.5 Å². The number of hydrogen-bond acceptors (Lipinski definition) is 3. The minimum Gasteiger partial charge on any atom is -0.343 e. The normalized spacial score (nSPS) is 12.1. The van der Waals surface area contributed by atoms with Crippen molar-refractivity contribution in [2.24, 2.45) is 0 Å². The molecular formula is C16H24N2O2S. The van der Waals surface area contributed by atoms with Crippen molar-refractivity contribution in [3.05, 3.63) is 36.0 Å².